The number of rotatable bonds is 3. The van der Waals surface area contributed by atoms with Crippen molar-refractivity contribution < 1.29 is 4.79 Å². The molecule has 0 fully saturated rings. The molecule has 3 N–H and O–H groups in total. The van der Waals surface area contributed by atoms with Gasteiger partial charge < -0.3 is 11.1 Å². The van der Waals surface area contributed by atoms with E-state index in [-0.39, 0.29) is 0 Å². The zero-order chi connectivity index (χ0) is 15.0. The highest BCUT2D eigenvalue weighted by Crippen LogP contribution is 2.28. The Hall–Kier alpha value is -1.71. The SMILES string of the molecule is NC(=O)c1ccc(NC2Cc3ccc(Cl)cc3C2)cc1Cl. The largest absolute Gasteiger partial charge is 0.382 e. The highest BCUT2D eigenvalue weighted by molar-refractivity contribution is 6.34. The third kappa shape index (κ3) is 2.99. The van der Waals surface area contributed by atoms with Crippen molar-refractivity contribution in [3.05, 3.63) is 63.1 Å². The van der Waals surface area contributed by atoms with Gasteiger partial charge in [-0.15, -0.1) is 0 Å². The lowest BCUT2D eigenvalue weighted by Crippen LogP contribution is -2.19. The first-order valence-electron chi connectivity index (χ1n) is 6.66. The maximum Gasteiger partial charge on any atom is 0.250 e. The normalized spacial score (nSPS) is 16.6. The van der Waals surface area contributed by atoms with E-state index in [9.17, 15) is 4.79 Å². The number of fused-ring (bicyclic) bond motifs is 1. The van der Waals surface area contributed by atoms with Gasteiger partial charge in [-0.3, -0.25) is 4.79 Å². The second kappa shape index (κ2) is 5.58. The number of benzene rings is 2. The molecule has 1 unspecified atom stereocenters. The van der Waals surface area contributed by atoms with Crippen molar-refractivity contribution in [1.82, 2.24) is 0 Å². The number of nitrogens with one attached hydrogen (secondary N) is 1. The fourth-order valence-electron chi connectivity index (χ4n) is 2.73. The Bertz CT molecular complexity index is 715. The van der Waals surface area contributed by atoms with Crippen LogP contribution in [0.25, 0.3) is 0 Å². The highest BCUT2D eigenvalue weighted by Gasteiger charge is 2.21. The van der Waals surface area contributed by atoms with Crippen LogP contribution >= 0.6 is 23.2 Å². The molecule has 1 amide bonds. The van der Waals surface area contributed by atoms with Gasteiger partial charge in [0.15, 0.2) is 0 Å². The molecule has 0 bridgehead atoms. The number of amides is 1. The summed E-state index contributed by atoms with van der Waals surface area (Å²) in [7, 11) is 0. The number of primary amides is 1. The average Bonchev–Trinajstić information content (AvgIpc) is 2.79. The molecule has 0 aliphatic heterocycles. The van der Waals surface area contributed by atoms with E-state index in [0.717, 1.165) is 23.6 Å². The van der Waals surface area contributed by atoms with Crippen molar-refractivity contribution in [2.75, 3.05) is 5.32 Å². The van der Waals surface area contributed by atoms with Gasteiger partial charge in [-0.2, -0.15) is 0 Å². The fraction of sp³-hybridized carbons (Fsp3) is 0.188. The molecule has 2 aromatic rings. The van der Waals surface area contributed by atoms with Crippen LogP contribution in [0.1, 0.15) is 21.5 Å². The van der Waals surface area contributed by atoms with Gasteiger partial charge >= 0.3 is 0 Å². The third-order valence-electron chi connectivity index (χ3n) is 3.71. The molecule has 0 saturated heterocycles. The first-order chi connectivity index (χ1) is 10.0. The van der Waals surface area contributed by atoms with E-state index in [1.54, 1.807) is 12.1 Å². The van der Waals surface area contributed by atoms with Crippen LogP contribution in [0, 0.1) is 0 Å². The minimum Gasteiger partial charge on any atom is -0.382 e. The van der Waals surface area contributed by atoms with Crippen LogP contribution in [0.15, 0.2) is 36.4 Å². The van der Waals surface area contributed by atoms with Gasteiger partial charge in [0.2, 0.25) is 5.91 Å². The lowest BCUT2D eigenvalue weighted by atomic mass is 10.1. The lowest BCUT2D eigenvalue weighted by Gasteiger charge is -2.14. The van der Waals surface area contributed by atoms with Crippen molar-refractivity contribution in [1.29, 1.82) is 0 Å². The number of nitrogens with two attached hydrogens (primary N) is 1. The van der Waals surface area contributed by atoms with E-state index in [1.165, 1.54) is 11.1 Å². The maximum absolute atomic E-state index is 11.2. The monoisotopic (exact) mass is 320 g/mol. The molecule has 1 atom stereocenters. The van der Waals surface area contributed by atoms with Crippen LogP contribution in [-0.2, 0) is 12.8 Å². The number of hydrogen-bond donors (Lipinski definition) is 2. The Morgan fingerprint density at radius 1 is 1.10 bits per heavy atom. The molecule has 0 radical (unpaired) electrons. The second-order valence-electron chi connectivity index (χ2n) is 5.22. The molecule has 3 nitrogen and oxygen atoms in total. The summed E-state index contributed by atoms with van der Waals surface area (Å²) in [5.41, 5.74) is 9.06. The Kier molecular flexibility index (Phi) is 3.79. The van der Waals surface area contributed by atoms with Crippen LogP contribution in [-0.4, -0.2) is 11.9 Å². The molecular weight excluding hydrogens is 307 g/mol. The van der Waals surface area contributed by atoms with E-state index < -0.39 is 5.91 Å². The van der Waals surface area contributed by atoms with Gasteiger partial charge in [0.25, 0.3) is 0 Å². The van der Waals surface area contributed by atoms with Crippen LogP contribution in [0.4, 0.5) is 5.69 Å². The van der Waals surface area contributed by atoms with Crippen molar-refractivity contribution in [2.45, 2.75) is 18.9 Å². The van der Waals surface area contributed by atoms with E-state index in [1.807, 2.05) is 18.2 Å². The predicted molar refractivity (Wildman–Crippen MR) is 86.2 cm³/mol. The Morgan fingerprint density at radius 2 is 1.86 bits per heavy atom. The van der Waals surface area contributed by atoms with Crippen molar-refractivity contribution in [2.24, 2.45) is 5.73 Å². The average molecular weight is 321 g/mol. The Labute approximate surface area is 133 Å². The quantitative estimate of drug-likeness (QED) is 0.906. The molecule has 1 aliphatic rings. The summed E-state index contributed by atoms with van der Waals surface area (Å²) in [5, 5.41) is 4.57. The fourth-order valence-corrected chi connectivity index (χ4v) is 3.20. The molecule has 0 saturated carbocycles. The smallest absolute Gasteiger partial charge is 0.250 e. The summed E-state index contributed by atoms with van der Waals surface area (Å²) in [5.74, 6) is -0.519. The number of halogens is 2. The van der Waals surface area contributed by atoms with E-state index in [2.05, 4.69) is 11.4 Å². The molecule has 0 heterocycles. The number of carbonyl (C=O) groups is 1. The molecule has 1 aliphatic carbocycles. The summed E-state index contributed by atoms with van der Waals surface area (Å²) in [6.07, 6.45) is 1.87. The molecule has 2 aromatic carbocycles. The lowest BCUT2D eigenvalue weighted by molar-refractivity contribution is 0.100. The minimum absolute atomic E-state index is 0.300. The van der Waals surface area contributed by atoms with Crippen molar-refractivity contribution >= 4 is 34.8 Å². The summed E-state index contributed by atoms with van der Waals surface area (Å²) in [4.78, 5) is 11.2. The van der Waals surface area contributed by atoms with E-state index in [0.29, 0.717) is 16.6 Å². The first kappa shape index (κ1) is 14.2. The minimum atomic E-state index is -0.519. The predicted octanol–water partition coefficient (Wildman–Crippen LogP) is 3.67. The van der Waals surface area contributed by atoms with Crippen molar-refractivity contribution in [3.63, 3.8) is 0 Å². The highest BCUT2D eigenvalue weighted by atomic mass is 35.5. The van der Waals surface area contributed by atoms with Gasteiger partial charge in [0.1, 0.15) is 0 Å². The third-order valence-corrected chi connectivity index (χ3v) is 4.25. The summed E-state index contributed by atoms with van der Waals surface area (Å²) < 4.78 is 0. The number of carbonyl (C=O) groups excluding carboxylic acids is 1. The van der Waals surface area contributed by atoms with Gasteiger partial charge in [-0.1, -0.05) is 29.3 Å². The first-order valence-corrected chi connectivity index (χ1v) is 7.42. The van der Waals surface area contributed by atoms with Gasteiger partial charge in [-0.05, 0) is 54.3 Å². The van der Waals surface area contributed by atoms with Crippen LogP contribution in [0.3, 0.4) is 0 Å². The van der Waals surface area contributed by atoms with Gasteiger partial charge in [-0.25, -0.2) is 0 Å². The summed E-state index contributed by atoms with van der Waals surface area (Å²) in [6.45, 7) is 0. The Morgan fingerprint density at radius 3 is 2.57 bits per heavy atom. The maximum atomic E-state index is 11.2. The second-order valence-corrected chi connectivity index (χ2v) is 6.07. The zero-order valence-corrected chi connectivity index (χ0v) is 12.7. The standard InChI is InChI=1S/C16H14Cl2N2O/c17-11-2-1-9-6-13(7-10(9)5-11)20-12-3-4-14(16(19)21)15(18)8-12/h1-5,8,13,20H,6-7H2,(H2,19,21). The Balaban J connectivity index is 1.74. The molecular formula is C16H14Cl2N2O. The molecule has 0 spiro atoms. The molecule has 108 valence electrons. The number of anilines is 1. The molecule has 5 heteroatoms. The van der Waals surface area contributed by atoms with Crippen LogP contribution in [0.5, 0.6) is 0 Å². The summed E-state index contributed by atoms with van der Waals surface area (Å²) in [6, 6.07) is 11.5. The van der Waals surface area contributed by atoms with Crippen molar-refractivity contribution in [3.8, 4) is 0 Å². The zero-order valence-electron chi connectivity index (χ0n) is 11.2. The van der Waals surface area contributed by atoms with Crippen LogP contribution in [0.2, 0.25) is 10.0 Å². The van der Waals surface area contributed by atoms with Gasteiger partial charge in [0.05, 0.1) is 10.6 Å². The molecule has 21 heavy (non-hydrogen) atoms. The topological polar surface area (TPSA) is 55.1 Å². The van der Waals surface area contributed by atoms with E-state index in [4.69, 9.17) is 28.9 Å². The molecule has 3 rings (SSSR count). The van der Waals surface area contributed by atoms with Crippen LogP contribution < -0.4 is 11.1 Å². The summed E-state index contributed by atoms with van der Waals surface area (Å²) >= 11 is 12.1. The molecule has 0 aromatic heterocycles. The van der Waals surface area contributed by atoms with E-state index >= 15 is 0 Å². The number of hydrogen-bond acceptors (Lipinski definition) is 2. The van der Waals surface area contributed by atoms with Gasteiger partial charge in [0, 0.05) is 16.8 Å².